The maximum absolute atomic E-state index is 5.34. The number of fused-ring (bicyclic) bond motifs is 1. The van der Waals surface area contributed by atoms with E-state index in [4.69, 9.17) is 4.74 Å². The second-order valence-corrected chi connectivity index (χ2v) is 5.90. The normalized spacial score (nSPS) is 17.3. The molecule has 0 bridgehead atoms. The lowest BCUT2D eigenvalue weighted by Gasteiger charge is -2.26. The van der Waals surface area contributed by atoms with E-state index in [-0.39, 0.29) is 0 Å². The fourth-order valence-electron chi connectivity index (χ4n) is 3.11. The van der Waals surface area contributed by atoms with Crippen molar-refractivity contribution >= 4 is 0 Å². The summed E-state index contributed by atoms with van der Waals surface area (Å²) in [4.78, 5) is 0. The molecule has 1 aliphatic carbocycles. The number of aryl methyl sites for hydroxylation is 2. The smallest absolute Gasteiger partial charge is 0.146 e. The largest absolute Gasteiger partial charge is 0.497 e. The molecule has 118 valence electrons. The summed E-state index contributed by atoms with van der Waals surface area (Å²) < 4.78 is 7.47. The quantitative estimate of drug-likeness (QED) is 0.889. The van der Waals surface area contributed by atoms with E-state index in [2.05, 4.69) is 45.2 Å². The Morgan fingerprint density at radius 3 is 3.09 bits per heavy atom. The van der Waals surface area contributed by atoms with Crippen LogP contribution in [0.2, 0.25) is 0 Å². The highest BCUT2D eigenvalue weighted by Gasteiger charge is 2.19. The minimum absolute atomic E-state index is 0.492. The molecule has 5 heteroatoms. The molecule has 0 aliphatic heterocycles. The fourth-order valence-corrected chi connectivity index (χ4v) is 3.11. The number of benzene rings is 1. The molecule has 0 fully saturated rings. The van der Waals surface area contributed by atoms with Crippen LogP contribution in [-0.4, -0.2) is 27.9 Å². The van der Waals surface area contributed by atoms with Crippen LogP contribution in [0, 0.1) is 0 Å². The minimum Gasteiger partial charge on any atom is -0.497 e. The van der Waals surface area contributed by atoms with Crippen molar-refractivity contribution in [3.8, 4) is 5.75 Å². The van der Waals surface area contributed by atoms with Crippen molar-refractivity contribution in [1.82, 2.24) is 20.1 Å². The zero-order valence-corrected chi connectivity index (χ0v) is 13.4. The summed E-state index contributed by atoms with van der Waals surface area (Å²) in [6, 6.07) is 6.91. The van der Waals surface area contributed by atoms with Gasteiger partial charge in [-0.2, -0.15) is 0 Å². The van der Waals surface area contributed by atoms with E-state index >= 15 is 0 Å². The van der Waals surface area contributed by atoms with E-state index in [9.17, 15) is 0 Å². The highest BCUT2D eigenvalue weighted by Crippen LogP contribution is 2.25. The minimum atomic E-state index is 0.492. The number of aromatic nitrogens is 3. The zero-order valence-electron chi connectivity index (χ0n) is 13.4. The first-order valence-electron chi connectivity index (χ1n) is 8.06. The second kappa shape index (κ2) is 6.92. The number of hydrogen-bond acceptors (Lipinski definition) is 4. The highest BCUT2D eigenvalue weighted by atomic mass is 16.5. The molecule has 1 aromatic carbocycles. The second-order valence-electron chi connectivity index (χ2n) is 5.90. The predicted octanol–water partition coefficient (Wildman–Crippen LogP) is 2.34. The summed E-state index contributed by atoms with van der Waals surface area (Å²) in [5, 5.41) is 11.9. The molecule has 1 aliphatic rings. The zero-order chi connectivity index (χ0) is 15.4. The summed E-state index contributed by atoms with van der Waals surface area (Å²) in [6.45, 7) is 3.93. The van der Waals surface area contributed by atoms with Crippen LogP contribution in [0.4, 0.5) is 0 Å². The Kier molecular flexibility index (Phi) is 4.73. The van der Waals surface area contributed by atoms with Crippen LogP contribution in [0.15, 0.2) is 24.5 Å². The van der Waals surface area contributed by atoms with E-state index < -0.39 is 0 Å². The maximum Gasteiger partial charge on any atom is 0.146 e. The highest BCUT2D eigenvalue weighted by molar-refractivity contribution is 5.37. The van der Waals surface area contributed by atoms with Crippen molar-refractivity contribution in [3.63, 3.8) is 0 Å². The van der Waals surface area contributed by atoms with Gasteiger partial charge in [0.05, 0.1) is 13.7 Å². The number of ether oxygens (including phenoxy) is 1. The third-order valence-corrected chi connectivity index (χ3v) is 4.35. The van der Waals surface area contributed by atoms with E-state index in [0.29, 0.717) is 6.04 Å². The van der Waals surface area contributed by atoms with Gasteiger partial charge in [0.15, 0.2) is 0 Å². The lowest BCUT2D eigenvalue weighted by atomic mass is 9.88. The van der Waals surface area contributed by atoms with Crippen LogP contribution < -0.4 is 10.1 Å². The average molecular weight is 300 g/mol. The molecule has 1 heterocycles. The lowest BCUT2D eigenvalue weighted by Crippen LogP contribution is -2.34. The van der Waals surface area contributed by atoms with Crippen LogP contribution in [0.1, 0.15) is 36.7 Å². The van der Waals surface area contributed by atoms with Crippen molar-refractivity contribution in [2.45, 2.75) is 51.7 Å². The van der Waals surface area contributed by atoms with Crippen molar-refractivity contribution in [1.29, 1.82) is 0 Å². The van der Waals surface area contributed by atoms with E-state index in [1.54, 1.807) is 7.11 Å². The van der Waals surface area contributed by atoms with Gasteiger partial charge in [-0.3, -0.25) is 0 Å². The number of nitrogens with one attached hydrogen (secondary N) is 1. The Morgan fingerprint density at radius 2 is 2.27 bits per heavy atom. The number of hydrogen-bond donors (Lipinski definition) is 1. The summed E-state index contributed by atoms with van der Waals surface area (Å²) in [7, 11) is 1.72. The van der Waals surface area contributed by atoms with E-state index in [1.165, 1.54) is 17.5 Å². The molecule has 0 radical (unpaired) electrons. The van der Waals surface area contributed by atoms with E-state index in [0.717, 1.165) is 43.9 Å². The summed E-state index contributed by atoms with van der Waals surface area (Å²) in [5.74, 6) is 1.97. The lowest BCUT2D eigenvalue weighted by molar-refractivity contribution is 0.410. The first-order chi connectivity index (χ1) is 10.8. The van der Waals surface area contributed by atoms with Crippen LogP contribution >= 0.6 is 0 Å². The topological polar surface area (TPSA) is 52.0 Å². The SMILES string of the molecule is CCCn1cnnc1CN[C@@H]1CCc2ccc(OC)cc2C1. The Hall–Kier alpha value is -1.88. The van der Waals surface area contributed by atoms with Crippen LogP contribution in [-0.2, 0) is 25.9 Å². The molecule has 1 N–H and O–H groups in total. The third-order valence-electron chi connectivity index (χ3n) is 4.35. The van der Waals surface area contributed by atoms with Crippen molar-refractivity contribution in [2.75, 3.05) is 7.11 Å². The molecule has 0 amide bonds. The van der Waals surface area contributed by atoms with Gasteiger partial charge in [0.1, 0.15) is 17.9 Å². The van der Waals surface area contributed by atoms with E-state index in [1.807, 2.05) is 6.33 Å². The summed E-state index contributed by atoms with van der Waals surface area (Å²) in [5.41, 5.74) is 2.85. The Bertz CT molecular complexity index is 623. The summed E-state index contributed by atoms with van der Waals surface area (Å²) >= 11 is 0. The van der Waals surface area contributed by atoms with Gasteiger partial charge in [-0.05, 0) is 48.9 Å². The molecule has 1 aromatic heterocycles. The third kappa shape index (κ3) is 3.30. The molecule has 0 saturated carbocycles. The van der Waals surface area contributed by atoms with Gasteiger partial charge in [-0.1, -0.05) is 13.0 Å². The molecule has 3 rings (SSSR count). The summed E-state index contributed by atoms with van der Waals surface area (Å²) in [6.07, 6.45) is 6.26. The molecule has 2 aromatic rings. The maximum atomic E-state index is 5.34. The molecular formula is C17H24N4O. The van der Waals surface area contributed by atoms with Gasteiger partial charge in [0.25, 0.3) is 0 Å². The number of rotatable bonds is 6. The van der Waals surface area contributed by atoms with Gasteiger partial charge in [-0.15, -0.1) is 10.2 Å². The van der Waals surface area contributed by atoms with Crippen molar-refractivity contribution < 1.29 is 4.74 Å². The Morgan fingerprint density at radius 1 is 1.36 bits per heavy atom. The number of nitrogens with zero attached hydrogens (tertiary/aromatic N) is 3. The molecule has 22 heavy (non-hydrogen) atoms. The predicted molar refractivity (Wildman–Crippen MR) is 86.0 cm³/mol. The van der Waals surface area contributed by atoms with Gasteiger partial charge in [0, 0.05) is 12.6 Å². The monoisotopic (exact) mass is 300 g/mol. The first-order valence-corrected chi connectivity index (χ1v) is 8.06. The molecular weight excluding hydrogens is 276 g/mol. The molecule has 0 spiro atoms. The van der Waals surface area contributed by atoms with Crippen LogP contribution in [0.5, 0.6) is 5.75 Å². The van der Waals surface area contributed by atoms with Gasteiger partial charge >= 0.3 is 0 Å². The Labute approximate surface area is 131 Å². The molecule has 1 atom stereocenters. The number of methoxy groups -OCH3 is 1. The van der Waals surface area contributed by atoms with Gasteiger partial charge < -0.3 is 14.6 Å². The average Bonchev–Trinajstić information content (AvgIpc) is 2.99. The molecule has 0 unspecified atom stereocenters. The van der Waals surface area contributed by atoms with Gasteiger partial charge in [0.2, 0.25) is 0 Å². The van der Waals surface area contributed by atoms with Crippen LogP contribution in [0.3, 0.4) is 0 Å². The standard InChI is InChI=1S/C17H24N4O/c1-3-8-21-12-19-20-17(21)11-18-15-6-4-13-5-7-16(22-2)10-14(13)9-15/h5,7,10,12,15,18H,3-4,6,8-9,11H2,1-2H3/t15-/m1/s1. The van der Waals surface area contributed by atoms with Crippen molar-refractivity contribution in [2.24, 2.45) is 0 Å². The molecule has 5 nitrogen and oxygen atoms in total. The van der Waals surface area contributed by atoms with Crippen LogP contribution in [0.25, 0.3) is 0 Å². The fraction of sp³-hybridized carbons (Fsp3) is 0.529. The molecule has 0 saturated heterocycles. The van der Waals surface area contributed by atoms with Crippen molar-refractivity contribution in [3.05, 3.63) is 41.5 Å². The first kappa shape index (κ1) is 15.0. The Balaban J connectivity index is 1.61. The van der Waals surface area contributed by atoms with Gasteiger partial charge in [-0.25, -0.2) is 0 Å².